The summed E-state index contributed by atoms with van der Waals surface area (Å²) >= 11 is 2.95. The summed E-state index contributed by atoms with van der Waals surface area (Å²) in [7, 11) is 0. The summed E-state index contributed by atoms with van der Waals surface area (Å²) in [5.41, 5.74) is 1.75. The zero-order chi connectivity index (χ0) is 11.7. The van der Waals surface area contributed by atoms with Gasteiger partial charge in [-0.1, -0.05) is 11.3 Å². The number of hydrogen-bond acceptors (Lipinski definition) is 5. The minimum Gasteiger partial charge on any atom is -0.296 e. The molecule has 2 heterocycles. The van der Waals surface area contributed by atoms with Crippen molar-refractivity contribution in [3.05, 3.63) is 26.4 Å². The molecule has 0 unspecified atom stereocenters. The van der Waals surface area contributed by atoms with E-state index in [0.717, 1.165) is 16.1 Å². The number of anilines is 1. The molecule has 1 amide bonds. The van der Waals surface area contributed by atoms with E-state index >= 15 is 0 Å². The van der Waals surface area contributed by atoms with Crippen LogP contribution in [-0.2, 0) is 0 Å². The molecule has 0 aliphatic carbocycles. The Bertz CT molecular complexity index is 530. The van der Waals surface area contributed by atoms with Gasteiger partial charge in [-0.3, -0.25) is 10.1 Å². The van der Waals surface area contributed by atoms with Crippen molar-refractivity contribution in [3.63, 3.8) is 0 Å². The van der Waals surface area contributed by atoms with Gasteiger partial charge in [0.05, 0.1) is 5.56 Å². The number of aryl methyl sites for hydroxylation is 2. The average Bonchev–Trinajstić information content (AvgIpc) is 2.76. The molecule has 0 spiro atoms. The largest absolute Gasteiger partial charge is 0.296 e. The Morgan fingerprint density at radius 2 is 2.06 bits per heavy atom. The molecule has 6 heteroatoms. The molecular weight excluding hydrogens is 242 g/mol. The fourth-order valence-corrected chi connectivity index (χ4v) is 2.70. The standard InChI is InChI=1S/C10H11N3OS2/c1-5-6(2)15-4-8(5)9(14)11-10-13-12-7(3)16-10/h4H,1-3H3,(H,11,13,14). The first-order valence-electron chi connectivity index (χ1n) is 4.74. The summed E-state index contributed by atoms with van der Waals surface area (Å²) < 4.78 is 0. The number of carbonyl (C=O) groups excluding carboxylic acids is 1. The first-order chi connectivity index (χ1) is 7.58. The van der Waals surface area contributed by atoms with Crippen molar-refractivity contribution < 1.29 is 4.79 Å². The van der Waals surface area contributed by atoms with Crippen molar-refractivity contribution >= 4 is 33.7 Å². The van der Waals surface area contributed by atoms with E-state index in [0.29, 0.717) is 5.13 Å². The third-order valence-corrected chi connectivity index (χ3v) is 4.04. The van der Waals surface area contributed by atoms with E-state index in [1.54, 1.807) is 11.3 Å². The molecule has 0 atom stereocenters. The molecule has 0 radical (unpaired) electrons. The lowest BCUT2D eigenvalue weighted by Crippen LogP contribution is -2.12. The van der Waals surface area contributed by atoms with Crippen LogP contribution in [0, 0.1) is 20.8 Å². The van der Waals surface area contributed by atoms with Gasteiger partial charge in [0.15, 0.2) is 0 Å². The second-order valence-electron chi connectivity index (χ2n) is 3.41. The molecule has 4 nitrogen and oxygen atoms in total. The molecule has 16 heavy (non-hydrogen) atoms. The van der Waals surface area contributed by atoms with Crippen LogP contribution >= 0.6 is 22.7 Å². The minimum absolute atomic E-state index is 0.113. The van der Waals surface area contributed by atoms with E-state index in [1.165, 1.54) is 16.2 Å². The first-order valence-corrected chi connectivity index (χ1v) is 6.43. The Balaban J connectivity index is 2.18. The zero-order valence-electron chi connectivity index (χ0n) is 9.20. The predicted molar refractivity (Wildman–Crippen MR) is 66.4 cm³/mol. The Morgan fingerprint density at radius 1 is 1.31 bits per heavy atom. The Hall–Kier alpha value is -1.27. The van der Waals surface area contributed by atoms with Crippen molar-refractivity contribution in [2.75, 3.05) is 5.32 Å². The number of amides is 1. The number of rotatable bonds is 2. The Labute approximate surface area is 101 Å². The van der Waals surface area contributed by atoms with Gasteiger partial charge in [-0.15, -0.1) is 21.5 Å². The number of aromatic nitrogens is 2. The lowest BCUT2D eigenvalue weighted by Gasteiger charge is -1.99. The summed E-state index contributed by atoms with van der Waals surface area (Å²) in [6.45, 7) is 5.81. The average molecular weight is 253 g/mol. The van der Waals surface area contributed by atoms with Crippen molar-refractivity contribution in [2.24, 2.45) is 0 Å². The molecule has 84 valence electrons. The topological polar surface area (TPSA) is 54.9 Å². The van der Waals surface area contributed by atoms with Crippen molar-refractivity contribution in [2.45, 2.75) is 20.8 Å². The molecule has 0 aliphatic rings. The molecule has 0 fully saturated rings. The molecule has 0 saturated carbocycles. The number of carbonyl (C=O) groups is 1. The molecule has 0 aliphatic heterocycles. The fraction of sp³-hybridized carbons (Fsp3) is 0.300. The maximum atomic E-state index is 11.9. The van der Waals surface area contributed by atoms with Gasteiger partial charge in [0, 0.05) is 10.3 Å². The van der Waals surface area contributed by atoms with Crippen LogP contribution in [0.1, 0.15) is 25.8 Å². The molecule has 2 rings (SSSR count). The number of nitrogens with one attached hydrogen (secondary N) is 1. The van der Waals surface area contributed by atoms with Crippen LogP contribution < -0.4 is 5.32 Å². The smallest absolute Gasteiger partial charge is 0.258 e. The highest BCUT2D eigenvalue weighted by molar-refractivity contribution is 7.15. The van der Waals surface area contributed by atoms with E-state index in [4.69, 9.17) is 0 Å². The molecular formula is C10H11N3OS2. The number of hydrogen-bond donors (Lipinski definition) is 1. The third kappa shape index (κ3) is 2.12. The van der Waals surface area contributed by atoms with E-state index in [1.807, 2.05) is 26.2 Å². The number of nitrogens with zero attached hydrogens (tertiary/aromatic N) is 2. The van der Waals surface area contributed by atoms with Crippen LogP contribution in [0.3, 0.4) is 0 Å². The van der Waals surface area contributed by atoms with Gasteiger partial charge in [-0.2, -0.15) is 0 Å². The molecule has 0 aromatic carbocycles. The Morgan fingerprint density at radius 3 is 2.56 bits per heavy atom. The maximum absolute atomic E-state index is 11.9. The summed E-state index contributed by atoms with van der Waals surface area (Å²) in [6.07, 6.45) is 0. The third-order valence-electron chi connectivity index (χ3n) is 2.28. The van der Waals surface area contributed by atoms with Crippen LogP contribution in [-0.4, -0.2) is 16.1 Å². The van der Waals surface area contributed by atoms with Crippen molar-refractivity contribution in [1.29, 1.82) is 0 Å². The van der Waals surface area contributed by atoms with E-state index in [2.05, 4.69) is 15.5 Å². The summed E-state index contributed by atoms with van der Waals surface area (Å²) in [4.78, 5) is 13.1. The van der Waals surface area contributed by atoms with E-state index in [9.17, 15) is 4.79 Å². The summed E-state index contributed by atoms with van der Waals surface area (Å²) in [6, 6.07) is 0. The summed E-state index contributed by atoms with van der Waals surface area (Å²) in [5.74, 6) is -0.113. The minimum atomic E-state index is -0.113. The van der Waals surface area contributed by atoms with Crippen molar-refractivity contribution in [3.8, 4) is 0 Å². The fourth-order valence-electron chi connectivity index (χ4n) is 1.25. The molecule has 1 N–H and O–H groups in total. The first kappa shape index (κ1) is 11.2. The highest BCUT2D eigenvalue weighted by atomic mass is 32.1. The van der Waals surface area contributed by atoms with Gasteiger partial charge in [0.1, 0.15) is 5.01 Å². The van der Waals surface area contributed by atoms with Crippen LogP contribution in [0.4, 0.5) is 5.13 Å². The van der Waals surface area contributed by atoms with Gasteiger partial charge in [-0.25, -0.2) is 0 Å². The van der Waals surface area contributed by atoms with Crippen LogP contribution in [0.5, 0.6) is 0 Å². The second-order valence-corrected chi connectivity index (χ2v) is 5.68. The Kier molecular flexibility index (Phi) is 3.02. The zero-order valence-corrected chi connectivity index (χ0v) is 10.8. The lowest BCUT2D eigenvalue weighted by atomic mass is 10.2. The maximum Gasteiger partial charge on any atom is 0.258 e. The molecule has 2 aromatic rings. The van der Waals surface area contributed by atoms with Gasteiger partial charge in [0.25, 0.3) is 5.91 Å². The van der Waals surface area contributed by atoms with Crippen LogP contribution in [0.25, 0.3) is 0 Å². The molecule has 2 aromatic heterocycles. The predicted octanol–water partition coefficient (Wildman–Crippen LogP) is 2.78. The van der Waals surface area contributed by atoms with Gasteiger partial charge in [0.2, 0.25) is 5.13 Å². The molecule has 0 saturated heterocycles. The monoisotopic (exact) mass is 253 g/mol. The number of thiophene rings is 1. The van der Waals surface area contributed by atoms with Crippen LogP contribution in [0.15, 0.2) is 5.38 Å². The van der Waals surface area contributed by atoms with E-state index in [-0.39, 0.29) is 5.91 Å². The molecule has 0 bridgehead atoms. The summed E-state index contributed by atoms with van der Waals surface area (Å²) in [5, 5.41) is 13.7. The van der Waals surface area contributed by atoms with Gasteiger partial charge in [-0.05, 0) is 26.3 Å². The second kappa shape index (κ2) is 4.31. The van der Waals surface area contributed by atoms with Crippen LogP contribution in [0.2, 0.25) is 0 Å². The quantitative estimate of drug-likeness (QED) is 0.895. The highest BCUT2D eigenvalue weighted by Gasteiger charge is 2.14. The van der Waals surface area contributed by atoms with Gasteiger partial charge >= 0.3 is 0 Å². The van der Waals surface area contributed by atoms with Crippen molar-refractivity contribution in [1.82, 2.24) is 10.2 Å². The van der Waals surface area contributed by atoms with Gasteiger partial charge < -0.3 is 0 Å². The lowest BCUT2D eigenvalue weighted by molar-refractivity contribution is 0.102. The SMILES string of the molecule is Cc1nnc(NC(=O)c2csc(C)c2C)s1. The normalized spacial score (nSPS) is 10.4. The van der Waals surface area contributed by atoms with E-state index < -0.39 is 0 Å². The highest BCUT2D eigenvalue weighted by Crippen LogP contribution is 2.22.